The molecule has 0 unspecified atom stereocenters. The quantitative estimate of drug-likeness (QED) is 0.697. The van der Waals surface area contributed by atoms with E-state index in [4.69, 9.17) is 14.5 Å². The molecule has 0 bridgehead atoms. The van der Waals surface area contributed by atoms with Gasteiger partial charge in [-0.3, -0.25) is 0 Å². The van der Waals surface area contributed by atoms with Crippen molar-refractivity contribution in [3.63, 3.8) is 0 Å². The van der Waals surface area contributed by atoms with Crippen LogP contribution >= 0.6 is 11.3 Å². The Morgan fingerprint density at radius 1 is 1.00 bits per heavy atom. The zero-order valence-electron chi connectivity index (χ0n) is 16.0. The normalized spacial score (nSPS) is 11.7. The highest BCUT2D eigenvalue weighted by Gasteiger charge is 2.11. The van der Waals surface area contributed by atoms with Crippen molar-refractivity contribution < 1.29 is 14.6 Å². The molecule has 0 amide bonds. The van der Waals surface area contributed by atoms with Crippen molar-refractivity contribution in [2.45, 2.75) is 20.4 Å². The summed E-state index contributed by atoms with van der Waals surface area (Å²) in [7, 11) is 3.24. The first kappa shape index (κ1) is 19.2. The average Bonchev–Trinajstić information content (AvgIpc) is 3.03. The van der Waals surface area contributed by atoms with Crippen LogP contribution in [0.5, 0.6) is 11.5 Å². The van der Waals surface area contributed by atoms with Crippen molar-refractivity contribution in [3.8, 4) is 22.8 Å². The van der Waals surface area contributed by atoms with Crippen molar-refractivity contribution in [3.05, 3.63) is 57.7 Å². The lowest BCUT2D eigenvalue weighted by Gasteiger charge is -2.11. The molecule has 5 nitrogen and oxygen atoms in total. The van der Waals surface area contributed by atoms with E-state index in [1.807, 2.05) is 22.8 Å². The van der Waals surface area contributed by atoms with Gasteiger partial charge in [0.15, 0.2) is 16.3 Å². The molecule has 0 radical (unpaired) electrons. The van der Waals surface area contributed by atoms with Gasteiger partial charge in [-0.2, -0.15) is 0 Å². The van der Waals surface area contributed by atoms with E-state index in [-0.39, 0.29) is 6.61 Å². The number of rotatable bonds is 6. The first-order chi connectivity index (χ1) is 13.0. The van der Waals surface area contributed by atoms with Gasteiger partial charge in [0.1, 0.15) is 0 Å². The van der Waals surface area contributed by atoms with E-state index in [2.05, 4.69) is 37.4 Å². The summed E-state index contributed by atoms with van der Waals surface area (Å²) in [5, 5.41) is 11.6. The minimum atomic E-state index is 0.0387. The summed E-state index contributed by atoms with van der Waals surface area (Å²) in [5.41, 5.74) is 5.25. The number of thiazole rings is 1. The third kappa shape index (κ3) is 4.23. The number of ether oxygens (including phenoxy) is 2. The van der Waals surface area contributed by atoms with Crippen LogP contribution < -0.4 is 14.3 Å². The SMILES string of the molecule is COc1ccc(-c2csc(=Nc3cc(C)cc(C)c3)n2CCO)cc1OC. The molecular weight excluding hydrogens is 360 g/mol. The van der Waals surface area contributed by atoms with Gasteiger partial charge in [-0.05, 0) is 55.3 Å². The molecule has 0 saturated carbocycles. The number of hydrogen-bond acceptors (Lipinski definition) is 5. The Morgan fingerprint density at radius 2 is 1.70 bits per heavy atom. The van der Waals surface area contributed by atoms with Gasteiger partial charge in [0.25, 0.3) is 0 Å². The minimum absolute atomic E-state index is 0.0387. The molecule has 2 aromatic carbocycles. The second-order valence-corrected chi connectivity index (χ2v) is 7.14. The molecule has 3 aromatic rings. The molecule has 0 aliphatic heterocycles. The fraction of sp³-hybridized carbons (Fsp3) is 0.286. The van der Waals surface area contributed by atoms with Crippen LogP contribution in [0.1, 0.15) is 11.1 Å². The number of aliphatic hydroxyl groups excluding tert-OH is 1. The molecule has 0 saturated heterocycles. The molecule has 3 rings (SSSR count). The van der Waals surface area contributed by atoms with Crippen LogP contribution in [0.3, 0.4) is 0 Å². The predicted molar refractivity (Wildman–Crippen MR) is 109 cm³/mol. The van der Waals surface area contributed by atoms with Gasteiger partial charge < -0.3 is 19.1 Å². The largest absolute Gasteiger partial charge is 0.493 e. The zero-order chi connectivity index (χ0) is 19.4. The Bertz CT molecular complexity index is 985. The van der Waals surface area contributed by atoms with Crippen LogP contribution in [0.25, 0.3) is 11.3 Å². The third-order valence-corrected chi connectivity index (χ3v) is 5.10. The monoisotopic (exact) mass is 384 g/mol. The fourth-order valence-corrected chi connectivity index (χ4v) is 4.04. The Morgan fingerprint density at radius 3 is 2.33 bits per heavy atom. The molecule has 1 aromatic heterocycles. The number of nitrogens with zero attached hydrogens (tertiary/aromatic N) is 2. The summed E-state index contributed by atoms with van der Waals surface area (Å²) in [5.74, 6) is 1.36. The van der Waals surface area contributed by atoms with E-state index < -0.39 is 0 Å². The van der Waals surface area contributed by atoms with E-state index in [0.29, 0.717) is 18.0 Å². The minimum Gasteiger partial charge on any atom is -0.493 e. The summed E-state index contributed by atoms with van der Waals surface area (Å²) >= 11 is 1.55. The van der Waals surface area contributed by atoms with Gasteiger partial charge >= 0.3 is 0 Å². The highest BCUT2D eigenvalue weighted by atomic mass is 32.1. The maximum Gasteiger partial charge on any atom is 0.190 e. The second-order valence-electron chi connectivity index (χ2n) is 6.31. The maximum atomic E-state index is 9.57. The molecule has 0 fully saturated rings. The van der Waals surface area contributed by atoms with Gasteiger partial charge in [-0.1, -0.05) is 6.07 Å². The lowest BCUT2D eigenvalue weighted by molar-refractivity contribution is 0.275. The van der Waals surface area contributed by atoms with Gasteiger partial charge in [0, 0.05) is 17.5 Å². The number of aliphatic hydroxyl groups is 1. The van der Waals surface area contributed by atoms with Crippen LogP contribution in [-0.4, -0.2) is 30.5 Å². The molecule has 27 heavy (non-hydrogen) atoms. The second kappa shape index (κ2) is 8.41. The summed E-state index contributed by atoms with van der Waals surface area (Å²) in [6.45, 7) is 4.64. The Labute approximate surface area is 163 Å². The summed E-state index contributed by atoms with van der Waals surface area (Å²) in [6, 6.07) is 12.1. The molecule has 1 heterocycles. The molecule has 0 aliphatic rings. The van der Waals surface area contributed by atoms with Crippen LogP contribution in [0.15, 0.2) is 46.8 Å². The Hall–Kier alpha value is -2.57. The van der Waals surface area contributed by atoms with Crippen molar-refractivity contribution in [1.29, 1.82) is 0 Å². The van der Waals surface area contributed by atoms with Crippen LogP contribution in [0.4, 0.5) is 5.69 Å². The molecular formula is C21H24N2O3S. The van der Waals surface area contributed by atoms with E-state index in [1.165, 1.54) is 11.1 Å². The zero-order valence-corrected chi connectivity index (χ0v) is 16.8. The van der Waals surface area contributed by atoms with Gasteiger partial charge in [-0.15, -0.1) is 11.3 Å². The standard InChI is InChI=1S/C21H24N2O3S/c1-14-9-15(2)11-17(10-14)22-21-23(7-8-24)18(13-27-21)16-5-6-19(25-3)20(12-16)26-4/h5-6,9-13,24H,7-8H2,1-4H3. The highest BCUT2D eigenvalue weighted by Crippen LogP contribution is 2.32. The van der Waals surface area contributed by atoms with E-state index >= 15 is 0 Å². The van der Waals surface area contributed by atoms with Crippen molar-refractivity contribution in [2.75, 3.05) is 20.8 Å². The van der Waals surface area contributed by atoms with Gasteiger partial charge in [-0.25, -0.2) is 4.99 Å². The molecule has 142 valence electrons. The molecule has 1 N–H and O–H groups in total. The average molecular weight is 385 g/mol. The molecule has 0 spiro atoms. The van der Waals surface area contributed by atoms with E-state index in [0.717, 1.165) is 21.7 Å². The summed E-state index contributed by atoms with van der Waals surface area (Å²) in [4.78, 5) is 5.66. The van der Waals surface area contributed by atoms with Crippen molar-refractivity contribution in [2.24, 2.45) is 4.99 Å². The van der Waals surface area contributed by atoms with Gasteiger partial charge in [0.2, 0.25) is 0 Å². The molecule has 6 heteroatoms. The van der Waals surface area contributed by atoms with E-state index in [9.17, 15) is 5.11 Å². The van der Waals surface area contributed by atoms with E-state index in [1.54, 1.807) is 25.6 Å². The molecule has 0 aliphatic carbocycles. The van der Waals surface area contributed by atoms with Crippen LogP contribution in [-0.2, 0) is 6.54 Å². The lowest BCUT2D eigenvalue weighted by Crippen LogP contribution is -2.17. The third-order valence-electron chi connectivity index (χ3n) is 4.23. The first-order valence-electron chi connectivity index (χ1n) is 8.70. The maximum absolute atomic E-state index is 9.57. The van der Waals surface area contributed by atoms with Crippen molar-refractivity contribution >= 4 is 17.0 Å². The highest BCUT2D eigenvalue weighted by molar-refractivity contribution is 7.07. The van der Waals surface area contributed by atoms with Gasteiger partial charge in [0.05, 0.1) is 32.2 Å². The Kier molecular flexibility index (Phi) is 5.98. The lowest BCUT2D eigenvalue weighted by atomic mass is 10.1. The van der Waals surface area contributed by atoms with Crippen molar-refractivity contribution in [1.82, 2.24) is 4.57 Å². The number of methoxy groups -OCH3 is 2. The topological polar surface area (TPSA) is 56.0 Å². The Balaban J connectivity index is 2.12. The summed E-state index contributed by atoms with van der Waals surface area (Å²) in [6.07, 6.45) is 0. The number of aromatic nitrogens is 1. The number of benzene rings is 2. The van der Waals surface area contributed by atoms with Crippen LogP contribution in [0, 0.1) is 13.8 Å². The number of aryl methyl sites for hydroxylation is 2. The first-order valence-corrected chi connectivity index (χ1v) is 9.58. The summed E-state index contributed by atoms with van der Waals surface area (Å²) < 4.78 is 12.8. The predicted octanol–water partition coefficient (Wildman–Crippen LogP) is 4.08. The fourth-order valence-electron chi connectivity index (χ4n) is 3.09. The number of hydrogen-bond donors (Lipinski definition) is 1. The molecule has 0 atom stereocenters. The smallest absolute Gasteiger partial charge is 0.190 e. The van der Waals surface area contributed by atoms with Crippen LogP contribution in [0.2, 0.25) is 0 Å².